The molecule has 0 saturated carbocycles. The normalized spacial score (nSPS) is 22.0. The van der Waals surface area contributed by atoms with Crippen LogP contribution in [-0.4, -0.2) is 48.1 Å². The molecule has 3 rings (SSSR count). The number of carbonyl (C=O) groups is 1. The molecule has 1 aromatic rings. The van der Waals surface area contributed by atoms with E-state index in [4.69, 9.17) is 0 Å². The van der Waals surface area contributed by atoms with Gasteiger partial charge in [0.1, 0.15) is 0 Å². The number of benzene rings is 1. The summed E-state index contributed by atoms with van der Waals surface area (Å²) in [4.78, 5) is 17.2. The summed E-state index contributed by atoms with van der Waals surface area (Å²) in [6.07, 6.45) is 4.87. The highest BCUT2D eigenvalue weighted by Crippen LogP contribution is 2.22. The van der Waals surface area contributed by atoms with Crippen molar-refractivity contribution in [2.24, 2.45) is 0 Å². The minimum Gasteiger partial charge on any atom is -0.320 e. The number of likely N-dealkylation sites (tertiary alicyclic amines) is 2. The minimum atomic E-state index is 0.0593. The lowest BCUT2D eigenvalue weighted by atomic mass is 10.0. The van der Waals surface area contributed by atoms with Gasteiger partial charge in [-0.2, -0.15) is 0 Å². The highest BCUT2D eigenvalue weighted by Gasteiger charge is 2.30. The Balaban J connectivity index is 1.57. The fourth-order valence-electron chi connectivity index (χ4n) is 3.70. The molecule has 1 aromatic carbocycles. The van der Waals surface area contributed by atoms with E-state index in [0.717, 1.165) is 31.6 Å². The Labute approximate surface area is 139 Å². The van der Waals surface area contributed by atoms with Crippen LogP contribution < -0.4 is 5.32 Å². The average molecular weight is 315 g/mol. The van der Waals surface area contributed by atoms with Gasteiger partial charge in [0, 0.05) is 24.8 Å². The number of rotatable bonds is 4. The molecule has 0 aliphatic carbocycles. The molecule has 2 aliphatic rings. The summed E-state index contributed by atoms with van der Waals surface area (Å²) in [5, 5.41) is 3.07. The molecule has 2 aliphatic heterocycles. The molecule has 2 amide bonds. The highest BCUT2D eigenvalue weighted by atomic mass is 16.2. The van der Waals surface area contributed by atoms with Crippen LogP contribution in [-0.2, 0) is 0 Å². The first-order valence-corrected chi connectivity index (χ1v) is 9.03. The monoisotopic (exact) mass is 315 g/mol. The molecule has 23 heavy (non-hydrogen) atoms. The molecule has 4 nitrogen and oxygen atoms in total. The Morgan fingerprint density at radius 3 is 2.48 bits per heavy atom. The maximum absolute atomic E-state index is 12.6. The van der Waals surface area contributed by atoms with Crippen LogP contribution in [0.3, 0.4) is 0 Å². The van der Waals surface area contributed by atoms with E-state index in [0.29, 0.717) is 12.0 Å². The van der Waals surface area contributed by atoms with Crippen LogP contribution in [0.25, 0.3) is 0 Å². The van der Waals surface area contributed by atoms with Crippen molar-refractivity contribution in [2.45, 2.75) is 51.5 Å². The molecule has 2 fully saturated rings. The lowest BCUT2D eigenvalue weighted by molar-refractivity contribution is 0.186. The summed E-state index contributed by atoms with van der Waals surface area (Å²) in [5.41, 5.74) is 2.20. The topological polar surface area (TPSA) is 35.6 Å². The molecule has 0 aromatic heterocycles. The molecule has 2 saturated heterocycles. The molecule has 126 valence electrons. The quantitative estimate of drug-likeness (QED) is 0.914. The van der Waals surface area contributed by atoms with Gasteiger partial charge in [0.2, 0.25) is 0 Å². The predicted molar refractivity (Wildman–Crippen MR) is 95.0 cm³/mol. The molecule has 2 heterocycles. The fourth-order valence-corrected chi connectivity index (χ4v) is 3.70. The second-order valence-corrected chi connectivity index (χ2v) is 7.20. The van der Waals surface area contributed by atoms with Gasteiger partial charge in [-0.05, 0) is 62.4 Å². The van der Waals surface area contributed by atoms with Gasteiger partial charge >= 0.3 is 6.03 Å². The largest absolute Gasteiger partial charge is 0.322 e. The third kappa shape index (κ3) is 4.05. The van der Waals surface area contributed by atoms with Crippen molar-refractivity contribution in [3.05, 3.63) is 29.8 Å². The summed E-state index contributed by atoms with van der Waals surface area (Å²) in [7, 11) is 0. The summed E-state index contributed by atoms with van der Waals surface area (Å²) in [5.74, 6) is 0.517. The lowest BCUT2D eigenvalue weighted by Crippen LogP contribution is -2.44. The summed E-state index contributed by atoms with van der Waals surface area (Å²) < 4.78 is 0. The number of nitrogens with zero attached hydrogens (tertiary/aromatic N) is 2. The van der Waals surface area contributed by atoms with Crippen molar-refractivity contribution in [1.82, 2.24) is 9.80 Å². The van der Waals surface area contributed by atoms with Crippen molar-refractivity contribution in [1.29, 1.82) is 0 Å². The first-order chi connectivity index (χ1) is 11.1. The van der Waals surface area contributed by atoms with Crippen LogP contribution in [0.2, 0.25) is 0 Å². The molecule has 0 unspecified atom stereocenters. The Morgan fingerprint density at radius 1 is 1.13 bits per heavy atom. The van der Waals surface area contributed by atoms with Gasteiger partial charge in [-0.1, -0.05) is 26.0 Å². The fraction of sp³-hybridized carbons (Fsp3) is 0.632. The summed E-state index contributed by atoms with van der Waals surface area (Å²) >= 11 is 0. The Hall–Kier alpha value is -1.55. The van der Waals surface area contributed by atoms with Gasteiger partial charge < -0.3 is 15.1 Å². The number of hydrogen-bond donors (Lipinski definition) is 1. The number of nitrogens with one attached hydrogen (secondary N) is 1. The van der Waals surface area contributed by atoms with Crippen LogP contribution in [0.5, 0.6) is 0 Å². The van der Waals surface area contributed by atoms with E-state index in [1.54, 1.807) is 0 Å². The number of carbonyl (C=O) groups excluding carboxylic acids is 1. The zero-order valence-electron chi connectivity index (χ0n) is 14.4. The van der Waals surface area contributed by atoms with Gasteiger partial charge in [-0.25, -0.2) is 4.79 Å². The molecule has 4 heteroatoms. The van der Waals surface area contributed by atoms with Crippen LogP contribution >= 0.6 is 0 Å². The van der Waals surface area contributed by atoms with E-state index in [1.807, 2.05) is 17.0 Å². The molecular weight excluding hydrogens is 286 g/mol. The molecule has 0 bridgehead atoms. The van der Waals surface area contributed by atoms with Crippen molar-refractivity contribution >= 4 is 11.7 Å². The Bertz CT molecular complexity index is 520. The maximum atomic E-state index is 12.6. The van der Waals surface area contributed by atoms with Gasteiger partial charge in [-0.15, -0.1) is 0 Å². The van der Waals surface area contributed by atoms with E-state index in [2.05, 4.69) is 36.2 Å². The molecule has 1 N–H and O–H groups in total. The summed E-state index contributed by atoms with van der Waals surface area (Å²) in [6.45, 7) is 8.68. The highest BCUT2D eigenvalue weighted by molar-refractivity contribution is 5.89. The SMILES string of the molecule is CC(C)c1ccc(NC(=O)N2CCC[C@@H]2CN2CCCC2)cc1. The van der Waals surface area contributed by atoms with Gasteiger partial charge in [-0.3, -0.25) is 0 Å². The van der Waals surface area contributed by atoms with E-state index in [1.165, 1.54) is 31.5 Å². The molecular formula is C19H29N3O. The van der Waals surface area contributed by atoms with Crippen LogP contribution in [0.1, 0.15) is 51.0 Å². The lowest BCUT2D eigenvalue weighted by Gasteiger charge is -2.28. The van der Waals surface area contributed by atoms with Crippen LogP contribution in [0.15, 0.2) is 24.3 Å². The first-order valence-electron chi connectivity index (χ1n) is 9.03. The zero-order valence-corrected chi connectivity index (χ0v) is 14.4. The Morgan fingerprint density at radius 2 is 1.83 bits per heavy atom. The second kappa shape index (κ2) is 7.35. The standard InChI is InChI=1S/C19H29N3O/c1-15(2)16-7-9-17(10-8-16)20-19(23)22-13-5-6-18(22)14-21-11-3-4-12-21/h7-10,15,18H,3-6,11-14H2,1-2H3,(H,20,23)/t18-/m1/s1. The number of urea groups is 1. The average Bonchev–Trinajstić information content (AvgIpc) is 3.20. The molecule has 0 radical (unpaired) electrons. The third-order valence-electron chi connectivity index (χ3n) is 5.13. The zero-order chi connectivity index (χ0) is 16.2. The van der Waals surface area contributed by atoms with Gasteiger partial charge in [0.15, 0.2) is 0 Å². The molecule has 0 spiro atoms. The number of anilines is 1. The van der Waals surface area contributed by atoms with Crippen molar-refractivity contribution < 1.29 is 4.79 Å². The predicted octanol–water partition coefficient (Wildman–Crippen LogP) is 3.90. The van der Waals surface area contributed by atoms with Gasteiger partial charge in [0.05, 0.1) is 0 Å². The smallest absolute Gasteiger partial charge is 0.320 e. The third-order valence-corrected chi connectivity index (χ3v) is 5.13. The molecule has 1 atom stereocenters. The van der Waals surface area contributed by atoms with E-state index in [-0.39, 0.29) is 6.03 Å². The number of amides is 2. The number of hydrogen-bond acceptors (Lipinski definition) is 2. The Kier molecular flexibility index (Phi) is 5.21. The van der Waals surface area contributed by atoms with Crippen LogP contribution in [0, 0.1) is 0 Å². The summed E-state index contributed by atoms with van der Waals surface area (Å²) in [6, 6.07) is 8.67. The van der Waals surface area contributed by atoms with Gasteiger partial charge in [0.25, 0.3) is 0 Å². The van der Waals surface area contributed by atoms with Crippen molar-refractivity contribution in [3.8, 4) is 0 Å². The first kappa shape index (κ1) is 16.3. The van der Waals surface area contributed by atoms with Crippen molar-refractivity contribution in [2.75, 3.05) is 31.5 Å². The van der Waals surface area contributed by atoms with Crippen molar-refractivity contribution in [3.63, 3.8) is 0 Å². The second-order valence-electron chi connectivity index (χ2n) is 7.20. The minimum absolute atomic E-state index is 0.0593. The maximum Gasteiger partial charge on any atom is 0.322 e. The van der Waals surface area contributed by atoms with E-state index >= 15 is 0 Å². The van der Waals surface area contributed by atoms with E-state index in [9.17, 15) is 4.79 Å². The van der Waals surface area contributed by atoms with E-state index < -0.39 is 0 Å². The van der Waals surface area contributed by atoms with Crippen LogP contribution in [0.4, 0.5) is 10.5 Å².